The van der Waals surface area contributed by atoms with Gasteiger partial charge in [-0.3, -0.25) is 0 Å². The molecule has 0 saturated heterocycles. The first-order chi connectivity index (χ1) is 11.1. The first kappa shape index (κ1) is 17.0. The number of halogens is 1. The summed E-state index contributed by atoms with van der Waals surface area (Å²) in [6.07, 6.45) is 0. The highest BCUT2D eigenvalue weighted by molar-refractivity contribution is 7.80. The summed E-state index contributed by atoms with van der Waals surface area (Å²) in [5.41, 5.74) is 1.21. The third-order valence-corrected chi connectivity index (χ3v) is 3.39. The van der Waals surface area contributed by atoms with Crippen molar-refractivity contribution in [1.82, 2.24) is 5.32 Å². The van der Waals surface area contributed by atoms with E-state index in [1.54, 1.807) is 26.2 Å². The Kier molecular flexibility index (Phi) is 6.17. The SMILES string of the molecule is COc1ccc(OCCNC(=S)Nc2ccc(C)c(F)c2)cc1. The summed E-state index contributed by atoms with van der Waals surface area (Å²) in [4.78, 5) is 0. The molecule has 2 aromatic carbocycles. The van der Waals surface area contributed by atoms with E-state index in [0.29, 0.717) is 29.5 Å². The zero-order chi connectivity index (χ0) is 16.7. The highest BCUT2D eigenvalue weighted by Gasteiger charge is 2.01. The van der Waals surface area contributed by atoms with Gasteiger partial charge in [0.1, 0.15) is 23.9 Å². The normalized spacial score (nSPS) is 10.0. The van der Waals surface area contributed by atoms with Gasteiger partial charge in [0.15, 0.2) is 5.11 Å². The van der Waals surface area contributed by atoms with E-state index in [1.165, 1.54) is 6.07 Å². The first-order valence-electron chi connectivity index (χ1n) is 7.16. The van der Waals surface area contributed by atoms with Crippen LogP contribution in [0.15, 0.2) is 42.5 Å². The quantitative estimate of drug-likeness (QED) is 0.625. The topological polar surface area (TPSA) is 42.5 Å². The summed E-state index contributed by atoms with van der Waals surface area (Å²) in [5.74, 6) is 1.28. The van der Waals surface area contributed by atoms with Crippen molar-refractivity contribution in [1.29, 1.82) is 0 Å². The molecule has 0 fully saturated rings. The van der Waals surface area contributed by atoms with Crippen LogP contribution in [0.3, 0.4) is 0 Å². The number of rotatable bonds is 6. The molecular formula is C17H19FN2O2S. The fourth-order valence-electron chi connectivity index (χ4n) is 1.85. The maximum Gasteiger partial charge on any atom is 0.170 e. The summed E-state index contributed by atoms with van der Waals surface area (Å²) >= 11 is 5.16. The van der Waals surface area contributed by atoms with Crippen molar-refractivity contribution in [2.24, 2.45) is 0 Å². The molecule has 0 aliphatic heterocycles. The lowest BCUT2D eigenvalue weighted by molar-refractivity contribution is 0.322. The summed E-state index contributed by atoms with van der Waals surface area (Å²) in [6.45, 7) is 2.70. The molecule has 4 nitrogen and oxygen atoms in total. The van der Waals surface area contributed by atoms with Crippen LogP contribution >= 0.6 is 12.2 Å². The molecule has 2 aromatic rings. The molecule has 0 amide bonds. The molecule has 2 rings (SSSR count). The van der Waals surface area contributed by atoms with Crippen molar-refractivity contribution in [2.45, 2.75) is 6.92 Å². The Morgan fingerprint density at radius 1 is 1.13 bits per heavy atom. The zero-order valence-corrected chi connectivity index (χ0v) is 13.9. The van der Waals surface area contributed by atoms with Crippen LogP contribution in [-0.4, -0.2) is 25.4 Å². The second-order valence-electron chi connectivity index (χ2n) is 4.87. The molecule has 6 heteroatoms. The van der Waals surface area contributed by atoms with Crippen LogP contribution in [0.4, 0.5) is 10.1 Å². The summed E-state index contributed by atoms with van der Waals surface area (Å²) in [5, 5.41) is 6.36. The van der Waals surface area contributed by atoms with E-state index in [-0.39, 0.29) is 5.82 Å². The van der Waals surface area contributed by atoms with E-state index in [0.717, 1.165) is 11.5 Å². The minimum absolute atomic E-state index is 0.263. The van der Waals surface area contributed by atoms with Crippen LogP contribution in [0, 0.1) is 12.7 Å². The van der Waals surface area contributed by atoms with Gasteiger partial charge in [0.2, 0.25) is 0 Å². The van der Waals surface area contributed by atoms with Gasteiger partial charge in [-0.15, -0.1) is 0 Å². The molecule has 0 bridgehead atoms. The van der Waals surface area contributed by atoms with Gasteiger partial charge >= 0.3 is 0 Å². The van der Waals surface area contributed by atoms with Gasteiger partial charge in [0.05, 0.1) is 13.7 Å². The highest BCUT2D eigenvalue weighted by atomic mass is 32.1. The third kappa shape index (κ3) is 5.41. The maximum atomic E-state index is 13.4. The number of nitrogens with one attached hydrogen (secondary N) is 2. The van der Waals surface area contributed by atoms with E-state index in [9.17, 15) is 4.39 Å². The van der Waals surface area contributed by atoms with Gasteiger partial charge in [-0.1, -0.05) is 6.07 Å². The molecule has 122 valence electrons. The van der Waals surface area contributed by atoms with Gasteiger partial charge in [0.25, 0.3) is 0 Å². The number of benzene rings is 2. The lowest BCUT2D eigenvalue weighted by atomic mass is 10.2. The Hall–Kier alpha value is -2.34. The van der Waals surface area contributed by atoms with E-state index in [2.05, 4.69) is 10.6 Å². The minimum Gasteiger partial charge on any atom is -0.497 e. The van der Waals surface area contributed by atoms with Gasteiger partial charge in [-0.05, 0) is 61.1 Å². The largest absolute Gasteiger partial charge is 0.497 e. The smallest absolute Gasteiger partial charge is 0.170 e. The zero-order valence-electron chi connectivity index (χ0n) is 13.1. The van der Waals surface area contributed by atoms with Crippen LogP contribution in [0.2, 0.25) is 0 Å². The van der Waals surface area contributed by atoms with Crippen molar-refractivity contribution in [2.75, 3.05) is 25.6 Å². The summed E-state index contributed by atoms with van der Waals surface area (Å²) in [6, 6.07) is 12.2. The monoisotopic (exact) mass is 334 g/mol. The number of aryl methyl sites for hydroxylation is 1. The number of methoxy groups -OCH3 is 1. The maximum absolute atomic E-state index is 13.4. The molecule has 0 spiro atoms. The molecule has 0 radical (unpaired) electrons. The fourth-order valence-corrected chi connectivity index (χ4v) is 2.07. The molecule has 0 atom stereocenters. The average molecular weight is 334 g/mol. The van der Waals surface area contributed by atoms with E-state index in [4.69, 9.17) is 21.7 Å². The Labute approximate surface area is 140 Å². The standard InChI is InChI=1S/C17H19FN2O2S/c1-12-3-4-13(11-16(12)18)20-17(23)19-9-10-22-15-7-5-14(21-2)6-8-15/h3-8,11H,9-10H2,1-2H3,(H2,19,20,23). The lowest BCUT2D eigenvalue weighted by Crippen LogP contribution is -2.32. The van der Waals surface area contributed by atoms with Crippen LogP contribution in [0.25, 0.3) is 0 Å². The lowest BCUT2D eigenvalue weighted by Gasteiger charge is -2.12. The number of hydrogen-bond acceptors (Lipinski definition) is 3. The number of hydrogen-bond donors (Lipinski definition) is 2. The molecule has 0 aliphatic carbocycles. The highest BCUT2D eigenvalue weighted by Crippen LogP contribution is 2.16. The van der Waals surface area contributed by atoms with Crippen molar-refractivity contribution < 1.29 is 13.9 Å². The van der Waals surface area contributed by atoms with Crippen molar-refractivity contribution >= 4 is 23.0 Å². The predicted octanol–water partition coefficient (Wildman–Crippen LogP) is 3.51. The number of anilines is 1. The van der Waals surface area contributed by atoms with Crippen molar-refractivity contribution in [3.05, 3.63) is 53.8 Å². The second kappa shape index (κ2) is 8.33. The van der Waals surface area contributed by atoms with Crippen LogP contribution < -0.4 is 20.1 Å². The summed E-state index contributed by atoms with van der Waals surface area (Å²) < 4.78 is 24.1. The van der Waals surface area contributed by atoms with Gasteiger partial charge in [-0.25, -0.2) is 4.39 Å². The van der Waals surface area contributed by atoms with E-state index >= 15 is 0 Å². The Balaban J connectivity index is 1.70. The van der Waals surface area contributed by atoms with Gasteiger partial charge < -0.3 is 20.1 Å². The van der Waals surface area contributed by atoms with Crippen LogP contribution in [0.5, 0.6) is 11.5 Å². The molecule has 2 N–H and O–H groups in total. The van der Waals surface area contributed by atoms with Gasteiger partial charge in [-0.2, -0.15) is 0 Å². The van der Waals surface area contributed by atoms with Crippen LogP contribution in [0.1, 0.15) is 5.56 Å². The molecule has 0 heterocycles. The number of thiocarbonyl (C=S) groups is 1. The van der Waals surface area contributed by atoms with Crippen LogP contribution in [-0.2, 0) is 0 Å². The first-order valence-corrected chi connectivity index (χ1v) is 7.57. The molecule has 0 saturated carbocycles. The molecular weight excluding hydrogens is 315 g/mol. The second-order valence-corrected chi connectivity index (χ2v) is 5.28. The third-order valence-electron chi connectivity index (χ3n) is 3.15. The summed E-state index contributed by atoms with van der Waals surface area (Å²) in [7, 11) is 1.62. The van der Waals surface area contributed by atoms with Crippen molar-refractivity contribution in [3.63, 3.8) is 0 Å². The number of ether oxygens (including phenoxy) is 2. The molecule has 0 unspecified atom stereocenters. The Morgan fingerprint density at radius 2 is 1.83 bits per heavy atom. The molecule has 23 heavy (non-hydrogen) atoms. The van der Waals surface area contributed by atoms with E-state index in [1.807, 2.05) is 24.3 Å². The Bertz CT molecular complexity index is 662. The van der Waals surface area contributed by atoms with Gasteiger partial charge in [0, 0.05) is 5.69 Å². The van der Waals surface area contributed by atoms with E-state index < -0.39 is 0 Å². The molecule has 0 aliphatic rings. The molecule has 0 aromatic heterocycles. The minimum atomic E-state index is -0.263. The fraction of sp³-hybridized carbons (Fsp3) is 0.235. The predicted molar refractivity (Wildman–Crippen MR) is 93.8 cm³/mol. The Morgan fingerprint density at radius 3 is 2.48 bits per heavy atom. The average Bonchev–Trinajstić information content (AvgIpc) is 2.55. The van der Waals surface area contributed by atoms with Crippen molar-refractivity contribution in [3.8, 4) is 11.5 Å².